The number of ether oxygens (including phenoxy) is 3. The highest BCUT2D eigenvalue weighted by molar-refractivity contribution is 5.98. The molecule has 2 aliphatic rings. The van der Waals surface area contributed by atoms with Crippen molar-refractivity contribution in [2.75, 3.05) is 34.4 Å². The van der Waals surface area contributed by atoms with Crippen molar-refractivity contribution < 1.29 is 28.9 Å². The summed E-state index contributed by atoms with van der Waals surface area (Å²) in [5, 5.41) is 9.06. The largest absolute Gasteiger partial charge is 0.496 e. The molecule has 1 aliphatic carbocycles. The Morgan fingerprint density at radius 1 is 1.00 bits per heavy atom. The van der Waals surface area contributed by atoms with Crippen LogP contribution < -0.4 is 14.2 Å². The first-order valence-electron chi connectivity index (χ1n) is 7.33. The van der Waals surface area contributed by atoms with Crippen LogP contribution in [0.15, 0.2) is 12.1 Å². The van der Waals surface area contributed by atoms with E-state index in [2.05, 4.69) is 0 Å². The average Bonchev–Trinajstić information content (AvgIpc) is 3.08. The van der Waals surface area contributed by atoms with Crippen molar-refractivity contribution in [3.63, 3.8) is 0 Å². The maximum absolute atomic E-state index is 12.7. The molecule has 7 heteroatoms. The molecule has 2 fully saturated rings. The monoisotopic (exact) mass is 321 g/mol. The van der Waals surface area contributed by atoms with Crippen molar-refractivity contribution in [3.05, 3.63) is 17.7 Å². The van der Waals surface area contributed by atoms with Gasteiger partial charge >= 0.3 is 5.97 Å². The van der Waals surface area contributed by atoms with Gasteiger partial charge in [-0.05, 0) is 11.8 Å². The third-order valence-corrected chi connectivity index (χ3v) is 4.70. The molecule has 3 atom stereocenters. The molecular weight excluding hydrogens is 302 g/mol. The van der Waals surface area contributed by atoms with Crippen LogP contribution in [0.3, 0.4) is 0 Å². The number of hydrogen-bond acceptors (Lipinski definition) is 5. The maximum atomic E-state index is 12.7. The van der Waals surface area contributed by atoms with E-state index in [1.54, 1.807) is 17.0 Å². The number of likely N-dealkylation sites (tertiary alicyclic amines) is 1. The molecule has 0 aromatic heterocycles. The molecule has 23 heavy (non-hydrogen) atoms. The van der Waals surface area contributed by atoms with Gasteiger partial charge in [-0.1, -0.05) is 0 Å². The number of rotatable bonds is 5. The van der Waals surface area contributed by atoms with Gasteiger partial charge in [0.25, 0.3) is 5.91 Å². The van der Waals surface area contributed by atoms with E-state index in [9.17, 15) is 9.59 Å². The van der Waals surface area contributed by atoms with Gasteiger partial charge in [-0.25, -0.2) is 0 Å². The molecule has 0 bridgehead atoms. The van der Waals surface area contributed by atoms with Crippen LogP contribution in [0, 0.1) is 17.8 Å². The summed E-state index contributed by atoms with van der Waals surface area (Å²) in [6.07, 6.45) is 0. The van der Waals surface area contributed by atoms with Gasteiger partial charge in [0.05, 0.1) is 32.8 Å². The van der Waals surface area contributed by atoms with Crippen molar-refractivity contribution in [2.24, 2.45) is 17.8 Å². The Morgan fingerprint density at radius 3 is 2.00 bits per heavy atom. The molecule has 7 nitrogen and oxygen atoms in total. The molecule has 124 valence electrons. The predicted octanol–water partition coefficient (Wildman–Crippen LogP) is 1.11. The first kappa shape index (κ1) is 15.5. The minimum atomic E-state index is -0.768. The fourth-order valence-corrected chi connectivity index (χ4v) is 3.43. The van der Waals surface area contributed by atoms with E-state index in [1.165, 1.54) is 21.3 Å². The number of benzene rings is 1. The van der Waals surface area contributed by atoms with Gasteiger partial charge in [0.2, 0.25) is 0 Å². The molecule has 0 spiro atoms. The Kier molecular flexibility index (Phi) is 3.79. The zero-order valence-electron chi connectivity index (χ0n) is 13.2. The van der Waals surface area contributed by atoms with Crippen LogP contribution in [0.4, 0.5) is 0 Å². The van der Waals surface area contributed by atoms with Crippen molar-refractivity contribution >= 4 is 11.9 Å². The Balaban J connectivity index is 1.82. The first-order chi connectivity index (χ1) is 11.0. The van der Waals surface area contributed by atoms with E-state index in [4.69, 9.17) is 19.3 Å². The van der Waals surface area contributed by atoms with Crippen LogP contribution in [-0.2, 0) is 4.79 Å². The van der Waals surface area contributed by atoms with Crippen molar-refractivity contribution in [1.82, 2.24) is 4.90 Å². The summed E-state index contributed by atoms with van der Waals surface area (Å²) < 4.78 is 15.7. The van der Waals surface area contributed by atoms with Crippen molar-refractivity contribution in [3.8, 4) is 17.2 Å². The third kappa shape index (κ3) is 2.46. The second kappa shape index (κ2) is 5.64. The number of amides is 1. The number of carbonyl (C=O) groups is 2. The Bertz CT molecular complexity index is 646. The minimum Gasteiger partial charge on any atom is -0.496 e. The smallest absolute Gasteiger partial charge is 0.307 e. The molecule has 3 rings (SSSR count). The number of carbonyl (C=O) groups excluding carboxylic acids is 1. The number of aliphatic carboxylic acids is 1. The molecular formula is C16H19NO6. The van der Waals surface area contributed by atoms with E-state index >= 15 is 0 Å². The SMILES string of the molecule is COc1cc(OC)c(C(=O)N2C[C@@H]3C(C(=O)O)[C@@H]3C2)cc1OC. The second-order valence-corrected chi connectivity index (χ2v) is 5.81. The topological polar surface area (TPSA) is 85.3 Å². The first-order valence-corrected chi connectivity index (χ1v) is 7.33. The van der Waals surface area contributed by atoms with Crippen LogP contribution in [0.25, 0.3) is 0 Å². The highest BCUT2D eigenvalue weighted by Crippen LogP contribution is 2.52. The molecule has 1 saturated carbocycles. The standard InChI is InChI=1S/C16H19NO6/c1-21-11-5-13(23-3)12(22-2)4-8(11)15(18)17-6-9-10(7-17)14(9)16(19)20/h4-5,9-10,14H,6-7H2,1-3H3,(H,19,20)/t9-,10+,14?. The summed E-state index contributed by atoms with van der Waals surface area (Å²) in [6.45, 7) is 0.940. The second-order valence-electron chi connectivity index (χ2n) is 5.81. The fourth-order valence-electron chi connectivity index (χ4n) is 3.43. The van der Waals surface area contributed by atoms with E-state index in [1.807, 2.05) is 0 Å². The number of piperidine rings is 1. The number of hydrogen-bond donors (Lipinski definition) is 1. The van der Waals surface area contributed by atoms with Crippen molar-refractivity contribution in [1.29, 1.82) is 0 Å². The summed E-state index contributed by atoms with van der Waals surface area (Å²) in [4.78, 5) is 25.4. The number of methoxy groups -OCH3 is 3. The molecule has 1 amide bonds. The van der Waals surface area contributed by atoms with Gasteiger partial charge in [-0.2, -0.15) is 0 Å². The van der Waals surface area contributed by atoms with Crippen LogP contribution in [0.1, 0.15) is 10.4 Å². The lowest BCUT2D eigenvalue weighted by atomic mass is 10.1. The Morgan fingerprint density at radius 2 is 1.52 bits per heavy atom. The summed E-state index contributed by atoms with van der Waals surface area (Å²) in [5.41, 5.74) is 0.387. The zero-order chi connectivity index (χ0) is 16.7. The van der Waals surface area contributed by atoms with E-state index in [0.29, 0.717) is 35.9 Å². The van der Waals surface area contributed by atoms with E-state index < -0.39 is 5.97 Å². The molecule has 1 saturated heterocycles. The summed E-state index contributed by atoms with van der Waals surface area (Å²) >= 11 is 0. The fraction of sp³-hybridized carbons (Fsp3) is 0.500. The van der Waals surface area contributed by atoms with Gasteiger partial charge in [-0.15, -0.1) is 0 Å². The van der Waals surface area contributed by atoms with Gasteiger partial charge in [0.15, 0.2) is 11.5 Å². The number of fused-ring (bicyclic) bond motifs is 1. The predicted molar refractivity (Wildman–Crippen MR) is 80.1 cm³/mol. The summed E-state index contributed by atoms with van der Waals surface area (Å²) in [6, 6.07) is 3.21. The van der Waals surface area contributed by atoms with Crippen LogP contribution in [-0.4, -0.2) is 56.3 Å². The lowest BCUT2D eigenvalue weighted by Gasteiger charge is -2.21. The number of carboxylic acid groups (broad SMARTS) is 1. The Labute approximate surface area is 133 Å². The van der Waals surface area contributed by atoms with E-state index in [-0.39, 0.29) is 23.7 Å². The lowest BCUT2D eigenvalue weighted by Crippen LogP contribution is -2.32. The molecule has 1 N–H and O–H groups in total. The van der Waals surface area contributed by atoms with Gasteiger partial charge in [0.1, 0.15) is 5.75 Å². The third-order valence-electron chi connectivity index (χ3n) is 4.70. The van der Waals surface area contributed by atoms with Gasteiger partial charge in [-0.3, -0.25) is 9.59 Å². The summed E-state index contributed by atoms with van der Waals surface area (Å²) in [7, 11) is 4.50. The highest BCUT2D eigenvalue weighted by atomic mass is 16.5. The molecule has 1 aromatic rings. The quantitative estimate of drug-likeness (QED) is 0.874. The van der Waals surface area contributed by atoms with Crippen LogP contribution >= 0.6 is 0 Å². The number of carboxylic acids is 1. The highest BCUT2D eigenvalue weighted by Gasteiger charge is 2.60. The van der Waals surface area contributed by atoms with Crippen molar-refractivity contribution in [2.45, 2.75) is 0 Å². The summed E-state index contributed by atoms with van der Waals surface area (Å²) in [5.74, 6) is 0.231. The van der Waals surface area contributed by atoms with E-state index in [0.717, 1.165) is 0 Å². The molecule has 1 heterocycles. The average molecular weight is 321 g/mol. The normalized spacial score (nSPS) is 24.8. The molecule has 1 aliphatic heterocycles. The van der Waals surface area contributed by atoms with Gasteiger partial charge < -0.3 is 24.2 Å². The lowest BCUT2D eigenvalue weighted by molar-refractivity contribution is -0.139. The number of nitrogens with zero attached hydrogens (tertiary/aromatic N) is 1. The maximum Gasteiger partial charge on any atom is 0.307 e. The molecule has 1 unspecified atom stereocenters. The van der Waals surface area contributed by atoms with Crippen LogP contribution in [0.5, 0.6) is 17.2 Å². The van der Waals surface area contributed by atoms with Gasteiger partial charge in [0, 0.05) is 25.2 Å². The zero-order valence-corrected chi connectivity index (χ0v) is 13.2. The molecule has 1 aromatic carbocycles. The van der Waals surface area contributed by atoms with Crippen LogP contribution in [0.2, 0.25) is 0 Å². The minimum absolute atomic E-state index is 0.0718. The molecule has 0 radical (unpaired) electrons. The Hall–Kier alpha value is -2.44.